The van der Waals surface area contributed by atoms with E-state index in [9.17, 15) is 14.6 Å². The molecule has 0 amide bonds. The first-order valence-electron chi connectivity index (χ1n) is 17.5. The van der Waals surface area contributed by atoms with Gasteiger partial charge >= 0.3 is 6.01 Å². The number of hydrogen-bond donors (Lipinski definition) is 2. The Morgan fingerprint density at radius 1 is 1.06 bits per heavy atom. The lowest BCUT2D eigenvalue weighted by Gasteiger charge is -2.53. The second kappa shape index (κ2) is 12.8. The van der Waals surface area contributed by atoms with Gasteiger partial charge in [-0.3, -0.25) is 9.88 Å². The zero-order chi connectivity index (χ0) is 34.8. The number of halogens is 3. The van der Waals surface area contributed by atoms with Crippen molar-refractivity contribution in [3.63, 3.8) is 0 Å². The molecule has 3 atom stereocenters. The predicted molar refractivity (Wildman–Crippen MR) is 181 cm³/mol. The second-order valence-electron chi connectivity index (χ2n) is 14.8. The monoisotopic (exact) mass is 693 g/mol. The molecular weight excluding hydrogens is 651 g/mol. The van der Waals surface area contributed by atoms with Crippen molar-refractivity contribution in [1.29, 1.82) is 0 Å². The zero-order valence-corrected chi connectivity index (χ0v) is 28.3. The van der Waals surface area contributed by atoms with Gasteiger partial charge in [0.05, 0.1) is 37.9 Å². The summed E-state index contributed by atoms with van der Waals surface area (Å²) in [5.74, 6) is -3.13. The lowest BCUT2D eigenvalue weighted by atomic mass is 9.73. The van der Waals surface area contributed by atoms with Crippen LogP contribution in [0.5, 0.6) is 11.8 Å². The highest BCUT2D eigenvalue weighted by Crippen LogP contribution is 2.50. The van der Waals surface area contributed by atoms with Crippen molar-refractivity contribution in [2.24, 2.45) is 5.41 Å². The average molecular weight is 694 g/mol. The summed E-state index contributed by atoms with van der Waals surface area (Å²) in [6, 6.07) is 5.55. The van der Waals surface area contributed by atoms with E-state index in [0.717, 1.165) is 63.6 Å². The standard InChI is InChI=1S/C37H42F3N5O5/c1-36(47)18-44(11-12-49-19-36)34-26-17-41-32(25-16-23(46)13-21-6-7-27(38)30(39)29(21)25)31(40)33(26)42-35(43-34)50-20-37-8-3-5-28(37)45(10-4-9-37)22-14-24(15-22)48-2/h6-7,13,16-17,22,24,28,46-47H,3-5,8-12,14-15,18-20H2,1-2H3/t22?,24?,28-,36+,37-/m1/s1. The molecule has 50 heavy (non-hydrogen) atoms. The summed E-state index contributed by atoms with van der Waals surface area (Å²) in [5, 5.41) is 21.7. The van der Waals surface area contributed by atoms with E-state index in [0.29, 0.717) is 43.8 Å². The van der Waals surface area contributed by atoms with E-state index >= 15 is 8.78 Å². The van der Waals surface area contributed by atoms with E-state index in [-0.39, 0.29) is 63.3 Å². The predicted octanol–water partition coefficient (Wildman–Crippen LogP) is 5.75. The number of piperidine rings is 1. The van der Waals surface area contributed by atoms with Gasteiger partial charge in [-0.25, -0.2) is 13.2 Å². The van der Waals surface area contributed by atoms with Gasteiger partial charge in [0.1, 0.15) is 28.4 Å². The van der Waals surface area contributed by atoms with Crippen LogP contribution in [-0.4, -0.2) is 100 Å². The highest BCUT2D eigenvalue weighted by molar-refractivity contribution is 6.00. The van der Waals surface area contributed by atoms with E-state index in [1.807, 2.05) is 4.90 Å². The Bertz CT molecular complexity index is 1940. The molecule has 2 aromatic carbocycles. The third kappa shape index (κ3) is 5.81. The first-order valence-corrected chi connectivity index (χ1v) is 17.5. The van der Waals surface area contributed by atoms with Gasteiger partial charge in [0.15, 0.2) is 17.5 Å². The van der Waals surface area contributed by atoms with Gasteiger partial charge in [0.2, 0.25) is 0 Å². The smallest absolute Gasteiger partial charge is 0.319 e. The maximum absolute atomic E-state index is 16.8. The van der Waals surface area contributed by atoms with Crippen molar-refractivity contribution < 1.29 is 37.6 Å². The number of likely N-dealkylation sites (tertiary alicyclic amines) is 1. The molecule has 4 aromatic rings. The summed E-state index contributed by atoms with van der Waals surface area (Å²) in [6.45, 7) is 4.00. The average Bonchev–Trinajstić information content (AvgIpc) is 3.42. The molecule has 2 saturated heterocycles. The van der Waals surface area contributed by atoms with Crippen molar-refractivity contribution in [2.75, 3.05) is 51.5 Å². The van der Waals surface area contributed by atoms with Crippen molar-refractivity contribution in [2.45, 2.75) is 75.7 Å². The van der Waals surface area contributed by atoms with Gasteiger partial charge in [0, 0.05) is 48.3 Å². The molecule has 4 aliphatic rings. The van der Waals surface area contributed by atoms with E-state index in [1.165, 1.54) is 18.3 Å². The molecule has 4 heterocycles. The van der Waals surface area contributed by atoms with Crippen LogP contribution < -0.4 is 9.64 Å². The molecule has 4 fully saturated rings. The number of hydrogen-bond acceptors (Lipinski definition) is 10. The Balaban J connectivity index is 1.21. The quantitative estimate of drug-likeness (QED) is 0.248. The number of ether oxygens (including phenoxy) is 3. The van der Waals surface area contributed by atoms with Crippen LogP contribution in [0.1, 0.15) is 51.9 Å². The van der Waals surface area contributed by atoms with Gasteiger partial charge in [-0.15, -0.1) is 0 Å². The largest absolute Gasteiger partial charge is 0.508 e. The first-order chi connectivity index (χ1) is 24.1. The molecule has 2 N–H and O–H groups in total. The van der Waals surface area contributed by atoms with Crippen LogP contribution in [0.15, 0.2) is 30.5 Å². The number of aromatic hydroxyl groups is 1. The molecular formula is C37H42F3N5O5. The maximum atomic E-state index is 16.8. The molecule has 0 bridgehead atoms. The minimum absolute atomic E-state index is 0.0217. The molecule has 2 saturated carbocycles. The summed E-state index contributed by atoms with van der Waals surface area (Å²) >= 11 is 0. The van der Waals surface area contributed by atoms with E-state index < -0.39 is 23.1 Å². The molecule has 0 radical (unpaired) electrons. The number of pyridine rings is 1. The van der Waals surface area contributed by atoms with Crippen molar-refractivity contribution in [3.8, 4) is 23.0 Å². The number of nitrogens with zero attached hydrogens (tertiary/aromatic N) is 5. The number of anilines is 1. The normalized spacial score (nSPS) is 28.8. The van der Waals surface area contributed by atoms with Crippen LogP contribution in [0, 0.1) is 22.9 Å². The SMILES string of the molecule is COC1CC(N2CCC[C@@]3(COc4nc(N5CCOC[C@@](C)(O)C5)c5cnc(-c6cc(O)cc7ccc(F)c(F)c67)c(F)c5n4)CCC[C@@H]23)C1. The third-order valence-electron chi connectivity index (χ3n) is 11.4. The van der Waals surface area contributed by atoms with Crippen LogP contribution in [-0.2, 0) is 9.47 Å². The summed E-state index contributed by atoms with van der Waals surface area (Å²) in [5.41, 5.74) is -1.87. The highest BCUT2D eigenvalue weighted by Gasteiger charge is 2.51. The van der Waals surface area contributed by atoms with Gasteiger partial charge in [0.25, 0.3) is 0 Å². The Kier molecular flexibility index (Phi) is 8.52. The van der Waals surface area contributed by atoms with Gasteiger partial charge < -0.3 is 29.3 Å². The number of fused-ring (bicyclic) bond motifs is 3. The Morgan fingerprint density at radius 3 is 2.70 bits per heavy atom. The first kappa shape index (κ1) is 33.4. The molecule has 2 aliphatic carbocycles. The number of methoxy groups -OCH3 is 1. The van der Waals surface area contributed by atoms with Crippen molar-refractivity contribution >= 4 is 27.5 Å². The van der Waals surface area contributed by atoms with Crippen LogP contribution in [0.25, 0.3) is 32.9 Å². The van der Waals surface area contributed by atoms with E-state index in [4.69, 9.17) is 19.2 Å². The summed E-state index contributed by atoms with van der Waals surface area (Å²) in [7, 11) is 1.77. The number of benzene rings is 2. The van der Waals surface area contributed by atoms with Gasteiger partial charge in [-0.1, -0.05) is 12.5 Å². The minimum atomic E-state index is -1.21. The number of β-amino-alcohol motifs (C(OH)–C–C–N with tert-alkyl or cyclic N) is 1. The summed E-state index contributed by atoms with van der Waals surface area (Å²) in [4.78, 5) is 18.2. The fourth-order valence-electron chi connectivity index (χ4n) is 8.85. The minimum Gasteiger partial charge on any atom is -0.508 e. The number of phenolic OH excluding ortho intramolecular Hbond substituents is 1. The second-order valence-corrected chi connectivity index (χ2v) is 14.8. The highest BCUT2D eigenvalue weighted by atomic mass is 19.2. The lowest BCUT2D eigenvalue weighted by molar-refractivity contribution is -0.0845. The number of rotatable bonds is 7. The third-order valence-corrected chi connectivity index (χ3v) is 11.4. The van der Waals surface area contributed by atoms with Gasteiger partial charge in [-0.2, -0.15) is 9.97 Å². The van der Waals surface area contributed by atoms with Crippen LogP contribution in [0.2, 0.25) is 0 Å². The fraction of sp³-hybridized carbons (Fsp3) is 0.541. The number of aromatic nitrogens is 3. The molecule has 266 valence electrons. The fourth-order valence-corrected chi connectivity index (χ4v) is 8.85. The maximum Gasteiger partial charge on any atom is 0.319 e. The number of phenols is 1. The summed E-state index contributed by atoms with van der Waals surface area (Å²) in [6.07, 6.45) is 9.02. The molecule has 0 spiro atoms. The van der Waals surface area contributed by atoms with Crippen LogP contribution in [0.4, 0.5) is 19.0 Å². The molecule has 2 aliphatic heterocycles. The van der Waals surface area contributed by atoms with Crippen LogP contribution >= 0.6 is 0 Å². The van der Waals surface area contributed by atoms with Crippen molar-refractivity contribution in [1.82, 2.24) is 19.9 Å². The van der Waals surface area contributed by atoms with E-state index in [2.05, 4.69) is 14.9 Å². The molecule has 8 rings (SSSR count). The van der Waals surface area contributed by atoms with Crippen molar-refractivity contribution in [3.05, 3.63) is 47.9 Å². The Morgan fingerprint density at radius 2 is 1.88 bits per heavy atom. The zero-order valence-electron chi connectivity index (χ0n) is 28.3. The van der Waals surface area contributed by atoms with Crippen LogP contribution in [0.3, 0.4) is 0 Å². The Hall–Kier alpha value is -3.78. The molecule has 2 aromatic heterocycles. The molecule has 13 heteroatoms. The van der Waals surface area contributed by atoms with Gasteiger partial charge in [-0.05, 0) is 75.6 Å². The Labute approximate surface area is 288 Å². The molecule has 10 nitrogen and oxygen atoms in total. The van der Waals surface area contributed by atoms with E-state index in [1.54, 1.807) is 14.0 Å². The molecule has 0 unspecified atom stereocenters. The lowest BCUT2D eigenvalue weighted by Crippen LogP contribution is -2.59. The number of aliphatic hydroxyl groups is 1. The topological polar surface area (TPSA) is 113 Å². The summed E-state index contributed by atoms with van der Waals surface area (Å²) < 4.78 is 64.2.